The van der Waals surface area contributed by atoms with Crippen LogP contribution in [-0.2, 0) is 9.59 Å². The standard InChI is InChI=1S/C15H19NO4/c1-9(10-6-4-5-7-13(10)20-3)16(2)14(17)11-8-12(11)15(18)19/h4-7,9,11-12H,8H2,1-3H3,(H,18,19)/t9?,11-,12+/m1/s1. The molecule has 1 aromatic carbocycles. The van der Waals surface area contributed by atoms with Crippen LogP contribution in [0.4, 0.5) is 0 Å². The zero-order valence-corrected chi connectivity index (χ0v) is 11.9. The number of carbonyl (C=O) groups is 2. The second-order valence-corrected chi connectivity index (χ2v) is 5.15. The first kappa shape index (κ1) is 14.4. The highest BCUT2D eigenvalue weighted by atomic mass is 16.5. The highest BCUT2D eigenvalue weighted by Gasteiger charge is 2.49. The van der Waals surface area contributed by atoms with Gasteiger partial charge in [-0.25, -0.2) is 0 Å². The lowest BCUT2D eigenvalue weighted by Crippen LogP contribution is -2.32. The van der Waals surface area contributed by atoms with Crippen LogP contribution in [-0.4, -0.2) is 36.0 Å². The second-order valence-electron chi connectivity index (χ2n) is 5.15. The lowest BCUT2D eigenvalue weighted by atomic mass is 10.1. The number of carboxylic acids is 1. The Morgan fingerprint density at radius 1 is 1.35 bits per heavy atom. The van der Waals surface area contributed by atoms with Gasteiger partial charge in [-0.1, -0.05) is 18.2 Å². The van der Waals surface area contributed by atoms with Crippen molar-refractivity contribution in [1.82, 2.24) is 4.90 Å². The molecule has 5 nitrogen and oxygen atoms in total. The number of ether oxygens (including phenoxy) is 1. The minimum Gasteiger partial charge on any atom is -0.496 e. The molecule has 0 heterocycles. The molecule has 1 amide bonds. The molecule has 1 unspecified atom stereocenters. The summed E-state index contributed by atoms with van der Waals surface area (Å²) in [7, 11) is 3.30. The molecule has 1 N–H and O–H groups in total. The number of benzene rings is 1. The fourth-order valence-corrected chi connectivity index (χ4v) is 2.41. The van der Waals surface area contributed by atoms with Gasteiger partial charge in [-0.3, -0.25) is 9.59 Å². The summed E-state index contributed by atoms with van der Waals surface area (Å²) in [5.74, 6) is -1.17. The first-order valence-corrected chi connectivity index (χ1v) is 6.59. The van der Waals surface area contributed by atoms with Gasteiger partial charge in [-0.05, 0) is 19.4 Å². The summed E-state index contributed by atoms with van der Waals surface area (Å²) in [6, 6.07) is 7.37. The molecule has 0 radical (unpaired) electrons. The van der Waals surface area contributed by atoms with E-state index < -0.39 is 11.9 Å². The molecule has 5 heteroatoms. The van der Waals surface area contributed by atoms with E-state index in [2.05, 4.69) is 0 Å². The van der Waals surface area contributed by atoms with Crippen molar-refractivity contribution in [2.75, 3.05) is 14.2 Å². The first-order chi connectivity index (χ1) is 9.47. The van der Waals surface area contributed by atoms with Crippen LogP contribution >= 0.6 is 0 Å². The molecular weight excluding hydrogens is 258 g/mol. The minimum atomic E-state index is -0.887. The van der Waals surface area contributed by atoms with E-state index >= 15 is 0 Å². The number of carbonyl (C=O) groups excluding carboxylic acids is 1. The number of nitrogens with zero attached hydrogens (tertiary/aromatic N) is 1. The average molecular weight is 277 g/mol. The van der Waals surface area contributed by atoms with Gasteiger partial charge >= 0.3 is 5.97 Å². The van der Waals surface area contributed by atoms with Crippen LogP contribution in [0.2, 0.25) is 0 Å². The SMILES string of the molecule is COc1ccccc1C(C)N(C)C(=O)[C@@H]1C[C@@H]1C(=O)O. The number of methoxy groups -OCH3 is 1. The van der Waals surface area contributed by atoms with Crippen LogP contribution in [0, 0.1) is 11.8 Å². The van der Waals surface area contributed by atoms with Crippen molar-refractivity contribution in [3.63, 3.8) is 0 Å². The molecular formula is C15H19NO4. The Morgan fingerprint density at radius 2 is 2.00 bits per heavy atom. The van der Waals surface area contributed by atoms with Crippen LogP contribution in [0.1, 0.15) is 24.9 Å². The summed E-state index contributed by atoms with van der Waals surface area (Å²) in [5, 5.41) is 8.90. The largest absolute Gasteiger partial charge is 0.496 e. The van der Waals surface area contributed by atoms with Crippen molar-refractivity contribution >= 4 is 11.9 Å². The molecule has 1 aromatic rings. The number of hydrogen-bond donors (Lipinski definition) is 1. The van der Waals surface area contributed by atoms with Gasteiger partial charge in [0.05, 0.1) is 25.0 Å². The predicted octanol–water partition coefficient (Wildman–Crippen LogP) is 1.94. The Hall–Kier alpha value is -2.04. The number of carboxylic acid groups (broad SMARTS) is 1. The Bertz CT molecular complexity index is 528. The maximum Gasteiger partial charge on any atom is 0.307 e. The van der Waals surface area contributed by atoms with Crippen molar-refractivity contribution in [2.24, 2.45) is 11.8 Å². The number of amides is 1. The topological polar surface area (TPSA) is 66.8 Å². The Balaban J connectivity index is 2.11. The summed E-state index contributed by atoms with van der Waals surface area (Å²) in [6.07, 6.45) is 0.442. The molecule has 1 saturated carbocycles. The molecule has 3 atom stereocenters. The molecule has 0 aliphatic heterocycles. The molecule has 1 aliphatic carbocycles. The van der Waals surface area contributed by atoms with Gasteiger partial charge in [0.15, 0.2) is 0 Å². The zero-order valence-electron chi connectivity index (χ0n) is 11.9. The molecule has 0 bridgehead atoms. The summed E-state index contributed by atoms with van der Waals surface area (Å²) >= 11 is 0. The molecule has 1 aliphatic rings. The van der Waals surface area contributed by atoms with Crippen LogP contribution in [0.15, 0.2) is 24.3 Å². The van der Waals surface area contributed by atoms with Crippen molar-refractivity contribution < 1.29 is 19.4 Å². The zero-order chi connectivity index (χ0) is 14.9. The summed E-state index contributed by atoms with van der Waals surface area (Å²) in [4.78, 5) is 24.7. The van der Waals surface area contributed by atoms with E-state index in [0.717, 1.165) is 11.3 Å². The van der Waals surface area contributed by atoms with Gasteiger partial charge in [0.25, 0.3) is 0 Å². The van der Waals surface area contributed by atoms with E-state index in [0.29, 0.717) is 6.42 Å². The van der Waals surface area contributed by atoms with Gasteiger partial charge in [-0.15, -0.1) is 0 Å². The van der Waals surface area contributed by atoms with E-state index in [9.17, 15) is 9.59 Å². The van der Waals surface area contributed by atoms with Crippen molar-refractivity contribution in [3.05, 3.63) is 29.8 Å². The molecule has 0 aromatic heterocycles. The van der Waals surface area contributed by atoms with E-state index in [1.54, 1.807) is 19.1 Å². The maximum atomic E-state index is 12.3. The van der Waals surface area contributed by atoms with Gasteiger partial charge in [0, 0.05) is 12.6 Å². The highest BCUT2D eigenvalue weighted by molar-refractivity contribution is 5.89. The molecule has 0 saturated heterocycles. The van der Waals surface area contributed by atoms with E-state index in [-0.39, 0.29) is 17.9 Å². The maximum absolute atomic E-state index is 12.3. The molecule has 108 valence electrons. The summed E-state index contributed by atoms with van der Waals surface area (Å²) < 4.78 is 5.30. The van der Waals surface area contributed by atoms with Crippen LogP contribution in [0.3, 0.4) is 0 Å². The van der Waals surface area contributed by atoms with Crippen molar-refractivity contribution in [3.8, 4) is 5.75 Å². The highest BCUT2D eigenvalue weighted by Crippen LogP contribution is 2.41. The van der Waals surface area contributed by atoms with Gasteiger partial charge in [0.2, 0.25) is 5.91 Å². The van der Waals surface area contributed by atoms with Gasteiger partial charge in [0.1, 0.15) is 5.75 Å². The molecule has 20 heavy (non-hydrogen) atoms. The number of rotatable bonds is 5. The average Bonchev–Trinajstić information content (AvgIpc) is 3.25. The number of para-hydroxylation sites is 1. The van der Waals surface area contributed by atoms with Gasteiger partial charge in [-0.2, -0.15) is 0 Å². The fraction of sp³-hybridized carbons (Fsp3) is 0.467. The van der Waals surface area contributed by atoms with Crippen LogP contribution in [0.5, 0.6) is 5.75 Å². The lowest BCUT2D eigenvalue weighted by molar-refractivity contribution is -0.142. The first-order valence-electron chi connectivity index (χ1n) is 6.59. The molecule has 2 rings (SSSR count). The summed E-state index contributed by atoms with van der Waals surface area (Å²) in [6.45, 7) is 1.91. The molecule has 0 spiro atoms. The lowest BCUT2D eigenvalue weighted by Gasteiger charge is -2.26. The Labute approximate surface area is 118 Å². The molecule has 1 fully saturated rings. The predicted molar refractivity (Wildman–Crippen MR) is 73.4 cm³/mol. The third-order valence-corrected chi connectivity index (χ3v) is 3.94. The fourth-order valence-electron chi connectivity index (χ4n) is 2.41. The van der Waals surface area contributed by atoms with Gasteiger partial charge < -0.3 is 14.7 Å². The third-order valence-electron chi connectivity index (χ3n) is 3.94. The van der Waals surface area contributed by atoms with Crippen LogP contribution in [0.25, 0.3) is 0 Å². The Kier molecular flexibility index (Phi) is 3.97. The normalized spacial score (nSPS) is 21.9. The van der Waals surface area contributed by atoms with Crippen LogP contribution < -0.4 is 4.74 Å². The number of hydrogen-bond acceptors (Lipinski definition) is 3. The smallest absolute Gasteiger partial charge is 0.307 e. The minimum absolute atomic E-state index is 0.115. The third kappa shape index (κ3) is 2.61. The summed E-state index contributed by atoms with van der Waals surface area (Å²) in [5.41, 5.74) is 0.915. The Morgan fingerprint density at radius 3 is 2.55 bits per heavy atom. The van der Waals surface area contributed by atoms with Crippen molar-refractivity contribution in [1.29, 1.82) is 0 Å². The quantitative estimate of drug-likeness (QED) is 0.893. The van der Waals surface area contributed by atoms with Crippen molar-refractivity contribution in [2.45, 2.75) is 19.4 Å². The van der Waals surface area contributed by atoms with E-state index in [4.69, 9.17) is 9.84 Å². The monoisotopic (exact) mass is 277 g/mol. The van der Waals surface area contributed by atoms with E-state index in [1.807, 2.05) is 31.2 Å². The number of aliphatic carboxylic acids is 1. The van der Waals surface area contributed by atoms with E-state index in [1.165, 1.54) is 0 Å². The second kappa shape index (κ2) is 5.53.